The number of benzene rings is 2. The van der Waals surface area contributed by atoms with Gasteiger partial charge in [0.05, 0.1) is 5.75 Å². The first-order valence-corrected chi connectivity index (χ1v) is 7.57. The molecule has 106 valence electrons. The monoisotopic (exact) mass is 297 g/mol. The molecular weight excluding hydrogens is 284 g/mol. The molecule has 2 aromatic carbocycles. The zero-order valence-corrected chi connectivity index (χ0v) is 11.3. The molecule has 0 heterocycles. The first-order chi connectivity index (χ1) is 9.46. The third-order valence-corrected chi connectivity index (χ3v) is 3.98. The predicted molar refractivity (Wildman–Crippen MR) is 72.3 cm³/mol. The van der Waals surface area contributed by atoms with Gasteiger partial charge < -0.3 is 0 Å². The highest BCUT2D eigenvalue weighted by Crippen LogP contribution is 2.10. The van der Waals surface area contributed by atoms with Crippen LogP contribution in [-0.2, 0) is 22.3 Å². The fourth-order valence-electron chi connectivity index (χ4n) is 1.69. The van der Waals surface area contributed by atoms with E-state index in [0.717, 1.165) is 12.1 Å². The fourth-order valence-corrected chi connectivity index (χ4v) is 2.81. The normalized spacial score (nSPS) is 11.5. The second kappa shape index (κ2) is 6.11. The molecule has 0 spiro atoms. The van der Waals surface area contributed by atoms with Crippen molar-refractivity contribution in [3.8, 4) is 0 Å². The number of halogens is 2. The molecule has 0 aliphatic carbocycles. The summed E-state index contributed by atoms with van der Waals surface area (Å²) in [6, 6.07) is 12.0. The average molecular weight is 297 g/mol. The molecule has 0 unspecified atom stereocenters. The maximum Gasteiger partial charge on any atom is 0.216 e. The van der Waals surface area contributed by atoms with E-state index in [1.54, 1.807) is 30.3 Å². The van der Waals surface area contributed by atoms with Crippen LogP contribution in [0.15, 0.2) is 48.5 Å². The van der Waals surface area contributed by atoms with Crippen molar-refractivity contribution in [2.45, 2.75) is 12.3 Å². The van der Waals surface area contributed by atoms with E-state index in [1.165, 1.54) is 6.07 Å². The van der Waals surface area contributed by atoms with E-state index in [2.05, 4.69) is 4.72 Å². The number of hydrogen-bond acceptors (Lipinski definition) is 2. The molecule has 2 aromatic rings. The molecule has 2 rings (SSSR count). The summed E-state index contributed by atoms with van der Waals surface area (Å²) in [5.74, 6) is -2.11. The van der Waals surface area contributed by atoms with Gasteiger partial charge in [0, 0.05) is 6.54 Å². The molecular formula is C14H13F2NO2S. The molecule has 0 bridgehead atoms. The third-order valence-electron chi connectivity index (χ3n) is 2.68. The lowest BCUT2D eigenvalue weighted by Crippen LogP contribution is -2.24. The van der Waals surface area contributed by atoms with Crippen LogP contribution in [-0.4, -0.2) is 8.42 Å². The second-order valence-electron chi connectivity index (χ2n) is 4.31. The van der Waals surface area contributed by atoms with Crippen molar-refractivity contribution in [2.24, 2.45) is 0 Å². The molecule has 0 aliphatic heterocycles. The number of nitrogens with one attached hydrogen (secondary N) is 1. The van der Waals surface area contributed by atoms with Crippen LogP contribution in [0.25, 0.3) is 0 Å². The van der Waals surface area contributed by atoms with E-state index in [4.69, 9.17) is 0 Å². The van der Waals surface area contributed by atoms with Crippen LogP contribution in [0.1, 0.15) is 11.1 Å². The lowest BCUT2D eigenvalue weighted by molar-refractivity contribution is 0.506. The van der Waals surface area contributed by atoms with E-state index in [0.29, 0.717) is 11.1 Å². The van der Waals surface area contributed by atoms with Gasteiger partial charge in [-0.2, -0.15) is 0 Å². The van der Waals surface area contributed by atoms with Crippen molar-refractivity contribution in [3.05, 3.63) is 71.3 Å². The summed E-state index contributed by atoms with van der Waals surface area (Å²) >= 11 is 0. The maximum absolute atomic E-state index is 13.0. The average Bonchev–Trinajstić information content (AvgIpc) is 2.41. The van der Waals surface area contributed by atoms with Crippen molar-refractivity contribution >= 4 is 10.0 Å². The van der Waals surface area contributed by atoms with Crippen LogP contribution in [0.2, 0.25) is 0 Å². The van der Waals surface area contributed by atoms with E-state index >= 15 is 0 Å². The smallest absolute Gasteiger partial charge is 0.212 e. The molecule has 0 amide bonds. The molecule has 0 aliphatic rings. The molecule has 20 heavy (non-hydrogen) atoms. The van der Waals surface area contributed by atoms with Gasteiger partial charge in [-0.1, -0.05) is 36.4 Å². The van der Waals surface area contributed by atoms with E-state index in [9.17, 15) is 17.2 Å². The van der Waals surface area contributed by atoms with Crippen LogP contribution >= 0.6 is 0 Å². The third kappa shape index (κ3) is 4.11. The molecule has 1 N–H and O–H groups in total. The van der Waals surface area contributed by atoms with Crippen molar-refractivity contribution in [3.63, 3.8) is 0 Å². The van der Waals surface area contributed by atoms with Gasteiger partial charge in [-0.3, -0.25) is 0 Å². The summed E-state index contributed by atoms with van der Waals surface area (Å²) in [5.41, 5.74) is 1.02. The summed E-state index contributed by atoms with van der Waals surface area (Å²) < 4.78 is 51.8. The Morgan fingerprint density at radius 3 is 2.25 bits per heavy atom. The molecule has 0 fully saturated rings. The first-order valence-electron chi connectivity index (χ1n) is 5.91. The van der Waals surface area contributed by atoms with Gasteiger partial charge in [-0.15, -0.1) is 0 Å². The van der Waals surface area contributed by atoms with E-state index in [-0.39, 0.29) is 12.3 Å². The van der Waals surface area contributed by atoms with Crippen molar-refractivity contribution in [2.75, 3.05) is 0 Å². The number of rotatable bonds is 5. The SMILES string of the molecule is O=S(=O)(Cc1ccccc1)NCc1ccc(F)c(F)c1. The standard InChI is InChI=1S/C14H13F2NO2S/c15-13-7-6-12(8-14(13)16)9-17-20(18,19)10-11-4-2-1-3-5-11/h1-8,17H,9-10H2. The molecule has 0 saturated carbocycles. The van der Waals surface area contributed by atoms with Gasteiger partial charge in [0.25, 0.3) is 0 Å². The lowest BCUT2D eigenvalue weighted by atomic mass is 10.2. The van der Waals surface area contributed by atoms with E-state index < -0.39 is 21.7 Å². The minimum atomic E-state index is -3.52. The fraction of sp³-hybridized carbons (Fsp3) is 0.143. The lowest BCUT2D eigenvalue weighted by Gasteiger charge is -2.07. The Hall–Kier alpha value is -1.79. The molecule has 0 atom stereocenters. The molecule has 6 heteroatoms. The summed E-state index contributed by atoms with van der Waals surface area (Å²) in [6.07, 6.45) is 0. The first kappa shape index (κ1) is 14.6. The Morgan fingerprint density at radius 2 is 1.60 bits per heavy atom. The Labute approximate surface area is 116 Å². The zero-order valence-electron chi connectivity index (χ0n) is 10.5. The topological polar surface area (TPSA) is 46.2 Å². The van der Waals surface area contributed by atoms with Gasteiger partial charge in [0.2, 0.25) is 10.0 Å². The van der Waals surface area contributed by atoms with Crippen LogP contribution in [0.3, 0.4) is 0 Å². The Balaban J connectivity index is 2.00. The minimum absolute atomic E-state index is 0.0770. The van der Waals surface area contributed by atoms with E-state index in [1.807, 2.05) is 0 Å². The highest BCUT2D eigenvalue weighted by atomic mass is 32.2. The Bertz CT molecular complexity index is 688. The van der Waals surface area contributed by atoms with Crippen molar-refractivity contribution in [1.82, 2.24) is 4.72 Å². The summed E-state index contributed by atoms with van der Waals surface area (Å²) in [4.78, 5) is 0. The Kier molecular flexibility index (Phi) is 4.46. The molecule has 0 saturated heterocycles. The maximum atomic E-state index is 13.0. The van der Waals surface area contributed by atoms with Gasteiger partial charge in [0.1, 0.15) is 0 Å². The Morgan fingerprint density at radius 1 is 0.900 bits per heavy atom. The summed E-state index contributed by atoms with van der Waals surface area (Å²) in [6.45, 7) is -0.0770. The number of sulfonamides is 1. The number of hydrogen-bond donors (Lipinski definition) is 1. The summed E-state index contributed by atoms with van der Waals surface area (Å²) in [7, 11) is -3.52. The highest BCUT2D eigenvalue weighted by molar-refractivity contribution is 7.88. The highest BCUT2D eigenvalue weighted by Gasteiger charge is 2.11. The van der Waals surface area contributed by atoms with Crippen LogP contribution in [0.4, 0.5) is 8.78 Å². The van der Waals surface area contributed by atoms with Gasteiger partial charge in [0.15, 0.2) is 11.6 Å². The van der Waals surface area contributed by atoms with Crippen molar-refractivity contribution < 1.29 is 17.2 Å². The van der Waals surface area contributed by atoms with Gasteiger partial charge in [-0.05, 0) is 23.3 Å². The van der Waals surface area contributed by atoms with Crippen LogP contribution in [0.5, 0.6) is 0 Å². The molecule has 0 radical (unpaired) electrons. The van der Waals surface area contributed by atoms with Crippen LogP contribution < -0.4 is 4.72 Å². The largest absolute Gasteiger partial charge is 0.216 e. The van der Waals surface area contributed by atoms with Gasteiger partial charge >= 0.3 is 0 Å². The predicted octanol–water partition coefficient (Wildman–Crippen LogP) is 2.58. The van der Waals surface area contributed by atoms with Crippen molar-refractivity contribution in [1.29, 1.82) is 0 Å². The van der Waals surface area contributed by atoms with Gasteiger partial charge in [-0.25, -0.2) is 21.9 Å². The zero-order chi connectivity index (χ0) is 14.6. The minimum Gasteiger partial charge on any atom is -0.212 e. The quantitative estimate of drug-likeness (QED) is 0.922. The molecule has 0 aromatic heterocycles. The van der Waals surface area contributed by atoms with Crippen LogP contribution in [0, 0.1) is 11.6 Å². The summed E-state index contributed by atoms with van der Waals surface area (Å²) in [5, 5.41) is 0. The molecule has 3 nitrogen and oxygen atoms in total. The second-order valence-corrected chi connectivity index (χ2v) is 6.12.